The topological polar surface area (TPSA) is 67.4 Å². The van der Waals surface area contributed by atoms with Crippen LogP contribution in [0.1, 0.15) is 60.0 Å². The van der Waals surface area contributed by atoms with Gasteiger partial charge in [0, 0.05) is 16.9 Å². The maximum absolute atomic E-state index is 13.0. The molecule has 4 aliphatic rings. The summed E-state index contributed by atoms with van der Waals surface area (Å²) in [6.45, 7) is -0.197. The molecule has 2 N–H and O–H groups in total. The van der Waals surface area contributed by atoms with E-state index in [1.165, 1.54) is 68.4 Å². The zero-order valence-corrected chi connectivity index (χ0v) is 22.0. The van der Waals surface area contributed by atoms with E-state index in [0.29, 0.717) is 16.9 Å². The Labute approximate surface area is 231 Å². The molecule has 0 aliphatic heterocycles. The molecule has 4 saturated carbocycles. The standard InChI is InChI=1S/C32H31F3N2O3/c33-32(34,35)25-4-2-6-27(15-25)37-30(39)23-3-1-5-26(14-23)36-29(38)19-40-28-9-7-24(8-10-28)31-16-20-11-21(17-31)13-22(12-20)18-31/h1-10,14-15,20-22H,11-13,16-19H2,(H,36,38)(H,37,39). The monoisotopic (exact) mass is 548 g/mol. The van der Waals surface area contributed by atoms with Crippen LogP contribution < -0.4 is 15.4 Å². The number of ether oxygens (including phenoxy) is 1. The molecular formula is C32H31F3N2O3. The van der Waals surface area contributed by atoms with Crippen LogP contribution >= 0.6 is 0 Å². The van der Waals surface area contributed by atoms with Crippen molar-refractivity contribution in [2.45, 2.75) is 50.1 Å². The minimum Gasteiger partial charge on any atom is -0.484 e. The molecule has 0 radical (unpaired) electrons. The van der Waals surface area contributed by atoms with E-state index in [-0.39, 0.29) is 23.8 Å². The number of amides is 2. The highest BCUT2D eigenvalue weighted by Crippen LogP contribution is 2.60. The van der Waals surface area contributed by atoms with E-state index < -0.39 is 17.6 Å². The van der Waals surface area contributed by atoms with Crippen LogP contribution in [0.5, 0.6) is 5.75 Å². The maximum Gasteiger partial charge on any atom is 0.416 e. The van der Waals surface area contributed by atoms with Crippen molar-refractivity contribution in [1.29, 1.82) is 0 Å². The van der Waals surface area contributed by atoms with Gasteiger partial charge in [-0.2, -0.15) is 13.2 Å². The number of hydrogen-bond donors (Lipinski definition) is 2. The number of carbonyl (C=O) groups is 2. The molecule has 5 nitrogen and oxygen atoms in total. The van der Waals surface area contributed by atoms with Gasteiger partial charge in [0.25, 0.3) is 11.8 Å². The van der Waals surface area contributed by atoms with Crippen molar-refractivity contribution in [3.63, 3.8) is 0 Å². The van der Waals surface area contributed by atoms with Crippen LogP contribution in [0.3, 0.4) is 0 Å². The van der Waals surface area contributed by atoms with Crippen molar-refractivity contribution < 1.29 is 27.5 Å². The van der Waals surface area contributed by atoms with Gasteiger partial charge < -0.3 is 15.4 Å². The Hall–Kier alpha value is -3.81. The van der Waals surface area contributed by atoms with Crippen LogP contribution in [0, 0.1) is 17.8 Å². The molecule has 40 heavy (non-hydrogen) atoms. The highest BCUT2D eigenvalue weighted by atomic mass is 19.4. The van der Waals surface area contributed by atoms with Crippen LogP contribution in [0.15, 0.2) is 72.8 Å². The molecule has 4 fully saturated rings. The van der Waals surface area contributed by atoms with Gasteiger partial charge in [0.15, 0.2) is 6.61 Å². The number of halogens is 3. The lowest BCUT2D eigenvalue weighted by Crippen LogP contribution is -2.48. The van der Waals surface area contributed by atoms with Gasteiger partial charge in [-0.15, -0.1) is 0 Å². The van der Waals surface area contributed by atoms with E-state index in [2.05, 4.69) is 22.8 Å². The van der Waals surface area contributed by atoms with E-state index in [1.54, 1.807) is 12.1 Å². The SMILES string of the molecule is O=C(COc1ccc(C23CC4CC(CC(C4)C2)C3)cc1)Nc1cccc(C(=O)Nc2cccc(C(F)(F)F)c2)c1. The Morgan fingerprint density at radius 3 is 2.02 bits per heavy atom. The van der Waals surface area contributed by atoms with Gasteiger partial charge in [-0.1, -0.05) is 24.3 Å². The predicted octanol–water partition coefficient (Wildman–Crippen LogP) is 7.44. The Morgan fingerprint density at radius 2 is 1.40 bits per heavy atom. The van der Waals surface area contributed by atoms with Gasteiger partial charge in [0.1, 0.15) is 5.75 Å². The molecular weight excluding hydrogens is 517 g/mol. The molecule has 4 aliphatic carbocycles. The third-order valence-electron chi connectivity index (χ3n) is 8.73. The summed E-state index contributed by atoms with van der Waals surface area (Å²) in [4.78, 5) is 25.2. The molecule has 8 heteroatoms. The van der Waals surface area contributed by atoms with Crippen LogP contribution in [0.2, 0.25) is 0 Å². The van der Waals surface area contributed by atoms with Gasteiger partial charge in [0.2, 0.25) is 0 Å². The maximum atomic E-state index is 13.0. The normalized spacial score (nSPS) is 24.9. The lowest BCUT2D eigenvalue weighted by molar-refractivity contribution is -0.137. The summed E-state index contributed by atoms with van der Waals surface area (Å²) in [6, 6.07) is 18.8. The van der Waals surface area contributed by atoms with Gasteiger partial charge in [0.05, 0.1) is 5.56 Å². The Balaban J connectivity index is 1.03. The molecule has 4 bridgehead atoms. The Bertz CT molecular complexity index is 1380. The molecule has 208 valence electrons. The van der Waals surface area contributed by atoms with Crippen molar-refractivity contribution in [2.75, 3.05) is 17.2 Å². The fourth-order valence-corrected chi connectivity index (χ4v) is 7.43. The first-order chi connectivity index (χ1) is 19.1. The number of benzene rings is 3. The first kappa shape index (κ1) is 26.4. The van der Waals surface area contributed by atoms with E-state index in [4.69, 9.17) is 4.74 Å². The number of alkyl halides is 3. The van der Waals surface area contributed by atoms with Crippen molar-refractivity contribution in [3.05, 3.63) is 89.5 Å². The number of anilines is 2. The van der Waals surface area contributed by atoms with Crippen molar-refractivity contribution in [3.8, 4) is 5.75 Å². The molecule has 0 heterocycles. The molecule has 0 aromatic heterocycles. The fourth-order valence-electron chi connectivity index (χ4n) is 7.43. The predicted molar refractivity (Wildman–Crippen MR) is 146 cm³/mol. The summed E-state index contributed by atoms with van der Waals surface area (Å²) in [6.07, 6.45) is 3.57. The van der Waals surface area contributed by atoms with Crippen LogP contribution in [0.25, 0.3) is 0 Å². The first-order valence-corrected chi connectivity index (χ1v) is 13.8. The summed E-state index contributed by atoms with van der Waals surface area (Å²) < 4.78 is 44.6. The summed E-state index contributed by atoms with van der Waals surface area (Å²) in [5, 5.41) is 5.18. The van der Waals surface area contributed by atoms with E-state index in [0.717, 1.165) is 29.9 Å². The zero-order chi connectivity index (χ0) is 27.9. The highest BCUT2D eigenvalue weighted by molar-refractivity contribution is 6.05. The first-order valence-electron chi connectivity index (χ1n) is 13.8. The highest BCUT2D eigenvalue weighted by Gasteiger charge is 2.51. The second kappa shape index (κ2) is 10.3. The minimum atomic E-state index is -4.51. The van der Waals surface area contributed by atoms with E-state index in [9.17, 15) is 22.8 Å². The molecule has 3 aromatic rings. The number of rotatable bonds is 7. The number of hydrogen-bond acceptors (Lipinski definition) is 3. The summed E-state index contributed by atoms with van der Waals surface area (Å²) in [5.74, 6) is 2.26. The summed E-state index contributed by atoms with van der Waals surface area (Å²) in [7, 11) is 0. The Kier molecular flexibility index (Phi) is 6.80. The molecule has 0 spiro atoms. The molecule has 0 unspecified atom stereocenters. The fraction of sp³-hybridized carbons (Fsp3) is 0.375. The third-order valence-corrected chi connectivity index (χ3v) is 8.73. The summed E-state index contributed by atoms with van der Waals surface area (Å²) in [5.41, 5.74) is 1.44. The largest absolute Gasteiger partial charge is 0.484 e. The quantitative estimate of drug-likeness (QED) is 0.322. The van der Waals surface area contributed by atoms with E-state index in [1.807, 2.05) is 12.1 Å². The number of carbonyl (C=O) groups excluding carboxylic acids is 2. The average molecular weight is 549 g/mol. The molecule has 0 atom stereocenters. The molecule has 2 amide bonds. The van der Waals surface area contributed by atoms with Crippen molar-refractivity contribution >= 4 is 23.2 Å². The average Bonchev–Trinajstić information content (AvgIpc) is 2.91. The molecule has 7 rings (SSSR count). The van der Waals surface area contributed by atoms with Gasteiger partial charge in [-0.05, 0) is 116 Å². The Morgan fingerprint density at radius 1 is 0.800 bits per heavy atom. The lowest BCUT2D eigenvalue weighted by atomic mass is 9.48. The lowest BCUT2D eigenvalue weighted by Gasteiger charge is -2.57. The van der Waals surface area contributed by atoms with Gasteiger partial charge >= 0.3 is 6.18 Å². The van der Waals surface area contributed by atoms with Gasteiger partial charge in [-0.3, -0.25) is 9.59 Å². The van der Waals surface area contributed by atoms with Crippen LogP contribution in [-0.4, -0.2) is 18.4 Å². The second-order valence-corrected chi connectivity index (χ2v) is 11.7. The smallest absolute Gasteiger partial charge is 0.416 e. The zero-order valence-electron chi connectivity index (χ0n) is 22.0. The van der Waals surface area contributed by atoms with Crippen LogP contribution in [-0.2, 0) is 16.4 Å². The van der Waals surface area contributed by atoms with Crippen molar-refractivity contribution in [2.24, 2.45) is 17.8 Å². The minimum absolute atomic E-state index is 0.0249. The van der Waals surface area contributed by atoms with Crippen molar-refractivity contribution in [1.82, 2.24) is 0 Å². The van der Waals surface area contributed by atoms with Gasteiger partial charge in [-0.25, -0.2) is 0 Å². The second-order valence-electron chi connectivity index (χ2n) is 11.7. The summed E-state index contributed by atoms with van der Waals surface area (Å²) >= 11 is 0. The third kappa shape index (κ3) is 5.58. The molecule has 0 saturated heterocycles. The number of nitrogens with one attached hydrogen (secondary N) is 2. The van der Waals surface area contributed by atoms with E-state index >= 15 is 0 Å². The van der Waals surface area contributed by atoms with Crippen LogP contribution in [0.4, 0.5) is 24.5 Å². The molecule has 3 aromatic carbocycles.